The highest BCUT2D eigenvalue weighted by atomic mass is 127. The number of hydrogen-bond donors (Lipinski definition) is 3. The Balaban J connectivity index is 0.00000320. The van der Waals surface area contributed by atoms with Crippen molar-refractivity contribution >= 4 is 35.6 Å². The lowest BCUT2D eigenvalue weighted by Gasteiger charge is -2.35. The number of guanidine groups is 1. The van der Waals surface area contributed by atoms with Crippen LogP contribution in [0.25, 0.3) is 0 Å². The number of aliphatic imine (C=N–C) groups is 1. The van der Waals surface area contributed by atoms with Crippen LogP contribution in [0.15, 0.2) is 59.6 Å². The van der Waals surface area contributed by atoms with Crippen LogP contribution in [0.1, 0.15) is 31.4 Å². The molecular formula is C23H33IN4O2. The van der Waals surface area contributed by atoms with Crippen LogP contribution in [0.2, 0.25) is 0 Å². The van der Waals surface area contributed by atoms with E-state index in [4.69, 9.17) is 4.74 Å². The number of piperidine rings is 1. The molecule has 0 saturated carbocycles. The third-order valence-corrected chi connectivity index (χ3v) is 5.13. The quantitative estimate of drug-likeness (QED) is 0.294. The van der Waals surface area contributed by atoms with Crippen LogP contribution in [0, 0.1) is 0 Å². The van der Waals surface area contributed by atoms with E-state index in [1.807, 2.05) is 37.3 Å². The Morgan fingerprint density at radius 2 is 2.03 bits per heavy atom. The van der Waals surface area contributed by atoms with Crippen molar-refractivity contribution in [1.82, 2.24) is 10.6 Å². The van der Waals surface area contributed by atoms with Gasteiger partial charge in [-0.25, -0.2) is 0 Å². The number of nitrogens with zero attached hydrogens (tertiary/aromatic N) is 2. The van der Waals surface area contributed by atoms with Crippen LogP contribution in [-0.4, -0.2) is 50.4 Å². The summed E-state index contributed by atoms with van der Waals surface area (Å²) in [6.45, 7) is 5.12. The molecule has 0 amide bonds. The zero-order chi connectivity index (χ0) is 20.5. The molecule has 164 valence electrons. The Hall–Kier alpha value is -2.00. The monoisotopic (exact) mass is 524 g/mol. The number of para-hydroxylation sites is 1. The molecule has 2 unspecified atom stereocenters. The summed E-state index contributed by atoms with van der Waals surface area (Å²) in [6.07, 6.45) is 1.57. The van der Waals surface area contributed by atoms with E-state index in [2.05, 4.69) is 44.8 Å². The number of hydrogen-bond acceptors (Lipinski definition) is 4. The van der Waals surface area contributed by atoms with Gasteiger partial charge in [0.05, 0.1) is 19.8 Å². The molecule has 1 saturated heterocycles. The lowest BCUT2D eigenvalue weighted by atomic mass is 10.0. The molecule has 7 heteroatoms. The molecule has 0 radical (unpaired) electrons. The highest BCUT2D eigenvalue weighted by Crippen LogP contribution is 2.20. The number of halogens is 1. The van der Waals surface area contributed by atoms with Crippen LogP contribution in [0.4, 0.5) is 5.69 Å². The molecule has 1 aliphatic rings. The number of ether oxygens (including phenoxy) is 1. The first kappa shape index (κ1) is 24.3. The standard InChI is InChI=1S/C23H32N4O2.HI/c1-3-24-23(25-16-22(28)18-9-7-13-21(15-18)29-2)26-19-10-8-14-27(17-19)20-11-5-4-6-12-20;/h4-7,9,11-13,15,19,22,28H,3,8,10,14,16-17H2,1-2H3,(H2,24,25,26);1H. The van der Waals surface area contributed by atoms with Gasteiger partial charge in [-0.15, -0.1) is 24.0 Å². The number of aliphatic hydroxyl groups excluding tert-OH is 1. The fraction of sp³-hybridized carbons (Fsp3) is 0.435. The second-order valence-corrected chi connectivity index (χ2v) is 7.28. The van der Waals surface area contributed by atoms with Gasteiger partial charge in [-0.3, -0.25) is 4.99 Å². The van der Waals surface area contributed by atoms with E-state index in [1.54, 1.807) is 7.11 Å². The Morgan fingerprint density at radius 1 is 1.23 bits per heavy atom. The summed E-state index contributed by atoms with van der Waals surface area (Å²) < 4.78 is 5.24. The van der Waals surface area contributed by atoms with Crippen molar-refractivity contribution in [3.63, 3.8) is 0 Å². The molecule has 1 fully saturated rings. The van der Waals surface area contributed by atoms with Gasteiger partial charge < -0.3 is 25.4 Å². The summed E-state index contributed by atoms with van der Waals surface area (Å²) in [5.41, 5.74) is 2.06. The van der Waals surface area contributed by atoms with Crippen molar-refractivity contribution in [2.24, 2.45) is 4.99 Å². The largest absolute Gasteiger partial charge is 0.497 e. The zero-order valence-corrected chi connectivity index (χ0v) is 20.1. The van der Waals surface area contributed by atoms with Crippen molar-refractivity contribution < 1.29 is 9.84 Å². The topological polar surface area (TPSA) is 69.1 Å². The summed E-state index contributed by atoms with van der Waals surface area (Å²) >= 11 is 0. The number of aliphatic hydroxyl groups is 1. The van der Waals surface area contributed by atoms with Crippen LogP contribution < -0.4 is 20.3 Å². The van der Waals surface area contributed by atoms with Gasteiger partial charge in [-0.1, -0.05) is 30.3 Å². The van der Waals surface area contributed by atoms with Crippen LogP contribution in [0.5, 0.6) is 5.75 Å². The van der Waals surface area contributed by atoms with E-state index >= 15 is 0 Å². The van der Waals surface area contributed by atoms with Crippen molar-refractivity contribution in [2.75, 3.05) is 38.2 Å². The van der Waals surface area contributed by atoms with E-state index in [9.17, 15) is 5.11 Å². The summed E-state index contributed by atoms with van der Waals surface area (Å²) in [7, 11) is 1.62. The molecule has 1 heterocycles. The minimum atomic E-state index is -0.673. The first-order valence-electron chi connectivity index (χ1n) is 10.4. The van der Waals surface area contributed by atoms with Crippen molar-refractivity contribution in [3.05, 3.63) is 60.2 Å². The first-order valence-corrected chi connectivity index (χ1v) is 10.4. The van der Waals surface area contributed by atoms with Crippen LogP contribution >= 0.6 is 24.0 Å². The van der Waals surface area contributed by atoms with Gasteiger partial charge in [0.1, 0.15) is 5.75 Å². The summed E-state index contributed by atoms with van der Waals surface area (Å²) in [5, 5.41) is 17.4. The van der Waals surface area contributed by atoms with Gasteiger partial charge in [0.25, 0.3) is 0 Å². The maximum Gasteiger partial charge on any atom is 0.191 e. The second-order valence-electron chi connectivity index (χ2n) is 7.28. The number of nitrogens with one attached hydrogen (secondary N) is 2. The fourth-order valence-corrected chi connectivity index (χ4v) is 3.61. The van der Waals surface area contributed by atoms with Crippen LogP contribution in [-0.2, 0) is 0 Å². The second kappa shape index (κ2) is 12.6. The van der Waals surface area contributed by atoms with Gasteiger partial charge in [-0.05, 0) is 49.6 Å². The molecule has 3 N–H and O–H groups in total. The van der Waals surface area contributed by atoms with E-state index in [1.165, 1.54) is 5.69 Å². The molecule has 2 aromatic rings. The predicted molar refractivity (Wildman–Crippen MR) is 134 cm³/mol. The average molecular weight is 524 g/mol. The fourth-order valence-electron chi connectivity index (χ4n) is 3.61. The van der Waals surface area contributed by atoms with Crippen LogP contribution in [0.3, 0.4) is 0 Å². The Bertz CT molecular complexity index is 788. The summed E-state index contributed by atoms with van der Waals surface area (Å²) in [4.78, 5) is 7.03. The van der Waals surface area contributed by atoms with Gasteiger partial charge in [-0.2, -0.15) is 0 Å². The molecule has 3 rings (SSSR count). The highest BCUT2D eigenvalue weighted by molar-refractivity contribution is 14.0. The number of anilines is 1. The zero-order valence-electron chi connectivity index (χ0n) is 17.8. The van der Waals surface area contributed by atoms with Crippen molar-refractivity contribution in [2.45, 2.75) is 31.9 Å². The Kier molecular flexibility index (Phi) is 10.2. The van der Waals surface area contributed by atoms with Gasteiger partial charge >= 0.3 is 0 Å². The summed E-state index contributed by atoms with van der Waals surface area (Å²) in [5.74, 6) is 1.48. The SMILES string of the molecule is CCNC(=NCC(O)c1cccc(OC)c1)NC1CCCN(c2ccccc2)C1.I. The molecular weight excluding hydrogens is 491 g/mol. The minimum absolute atomic E-state index is 0. The third kappa shape index (κ3) is 7.05. The van der Waals surface area contributed by atoms with Gasteiger partial charge in [0.2, 0.25) is 0 Å². The number of benzene rings is 2. The Labute approximate surface area is 196 Å². The molecule has 1 aliphatic heterocycles. The van der Waals surface area contributed by atoms with Crippen molar-refractivity contribution in [1.29, 1.82) is 0 Å². The molecule has 0 spiro atoms. The molecule has 0 aromatic heterocycles. The maximum absolute atomic E-state index is 10.5. The lowest BCUT2D eigenvalue weighted by molar-refractivity contribution is 0.186. The molecule has 0 bridgehead atoms. The molecule has 2 atom stereocenters. The predicted octanol–water partition coefficient (Wildman–Crippen LogP) is 3.57. The van der Waals surface area contributed by atoms with Gasteiger partial charge in [0, 0.05) is 31.4 Å². The molecule has 30 heavy (non-hydrogen) atoms. The smallest absolute Gasteiger partial charge is 0.191 e. The van der Waals surface area contributed by atoms with Crippen molar-refractivity contribution in [3.8, 4) is 5.75 Å². The molecule has 6 nitrogen and oxygen atoms in total. The normalized spacial score (nSPS) is 17.6. The van der Waals surface area contributed by atoms with E-state index in [0.29, 0.717) is 6.04 Å². The molecule has 2 aromatic carbocycles. The summed E-state index contributed by atoms with van der Waals surface area (Å²) in [6, 6.07) is 18.3. The highest BCUT2D eigenvalue weighted by Gasteiger charge is 2.21. The lowest BCUT2D eigenvalue weighted by Crippen LogP contribution is -2.51. The maximum atomic E-state index is 10.5. The van der Waals surface area contributed by atoms with Gasteiger partial charge in [0.15, 0.2) is 5.96 Å². The van der Waals surface area contributed by atoms with E-state index in [0.717, 1.165) is 49.7 Å². The minimum Gasteiger partial charge on any atom is -0.497 e. The average Bonchev–Trinajstić information content (AvgIpc) is 2.78. The molecule has 0 aliphatic carbocycles. The van der Waals surface area contributed by atoms with E-state index in [-0.39, 0.29) is 30.5 Å². The Morgan fingerprint density at radius 3 is 2.77 bits per heavy atom. The third-order valence-electron chi connectivity index (χ3n) is 5.13. The first-order chi connectivity index (χ1) is 14.2. The number of rotatable bonds is 7. The number of methoxy groups -OCH3 is 1. The van der Waals surface area contributed by atoms with E-state index < -0.39 is 6.10 Å².